The summed E-state index contributed by atoms with van der Waals surface area (Å²) in [4.78, 5) is 24.7. The number of nitrogens with one attached hydrogen (secondary N) is 4. The quantitative estimate of drug-likeness (QED) is 0.155. The van der Waals surface area contributed by atoms with Gasteiger partial charge in [-0.3, -0.25) is 15.6 Å². The van der Waals surface area contributed by atoms with E-state index in [1.807, 2.05) is 24.3 Å². The molecule has 0 saturated carbocycles. The Hall–Kier alpha value is -3.33. The Morgan fingerprint density at radius 2 is 1.74 bits per heavy atom. The van der Waals surface area contributed by atoms with Crippen molar-refractivity contribution < 1.29 is 13.2 Å². The van der Waals surface area contributed by atoms with Gasteiger partial charge in [0.2, 0.25) is 5.95 Å². The maximum absolute atomic E-state index is 12.5. The second kappa shape index (κ2) is 10.9. The first-order chi connectivity index (χ1) is 16.8. The highest BCUT2D eigenvalue weighted by Crippen LogP contribution is 2.31. The number of hydrazine groups is 1. The standard InChI is InChI=1S/C21H19N7O3S4/c1-13(33-21-25-16-5-2-3-6-17(16)34-21)18(29)26-27-20(32)24-14-7-9-15(10-8-14)35(30,31)28-19-22-11-4-12-23-19/h2-13H,1H3,(H,26,29)(H,22,23,28)(H2,24,27,32)/t13-/m1/s1. The van der Waals surface area contributed by atoms with Gasteiger partial charge in [0.1, 0.15) is 0 Å². The van der Waals surface area contributed by atoms with Crippen molar-refractivity contribution in [3.05, 3.63) is 67.0 Å². The summed E-state index contributed by atoms with van der Waals surface area (Å²) in [6.07, 6.45) is 2.87. The summed E-state index contributed by atoms with van der Waals surface area (Å²) in [6, 6.07) is 15.3. The Morgan fingerprint density at radius 1 is 1.03 bits per heavy atom. The lowest BCUT2D eigenvalue weighted by molar-refractivity contribution is -0.120. The van der Waals surface area contributed by atoms with E-state index < -0.39 is 15.3 Å². The molecular formula is C21H19N7O3S4. The molecule has 0 bridgehead atoms. The Bertz CT molecular complexity index is 1410. The lowest BCUT2D eigenvalue weighted by Gasteiger charge is -2.14. The van der Waals surface area contributed by atoms with E-state index in [4.69, 9.17) is 12.2 Å². The monoisotopic (exact) mass is 545 g/mol. The first kappa shape index (κ1) is 24.8. The van der Waals surface area contributed by atoms with Gasteiger partial charge in [0, 0.05) is 18.1 Å². The Labute approximate surface area is 215 Å². The zero-order chi connectivity index (χ0) is 24.8. The maximum atomic E-state index is 12.5. The van der Waals surface area contributed by atoms with Crippen LogP contribution in [-0.4, -0.2) is 39.6 Å². The molecule has 0 aliphatic heterocycles. The molecule has 1 amide bonds. The first-order valence-electron chi connectivity index (χ1n) is 10.1. The van der Waals surface area contributed by atoms with Gasteiger partial charge in [-0.05, 0) is 61.6 Å². The number of carbonyl (C=O) groups is 1. The minimum atomic E-state index is -3.84. The van der Waals surface area contributed by atoms with Gasteiger partial charge < -0.3 is 5.32 Å². The number of thioether (sulfide) groups is 1. The zero-order valence-electron chi connectivity index (χ0n) is 18.1. The molecule has 0 saturated heterocycles. The van der Waals surface area contributed by atoms with Crippen LogP contribution < -0.4 is 20.9 Å². The predicted octanol–water partition coefficient (Wildman–Crippen LogP) is 3.39. The van der Waals surface area contributed by atoms with E-state index in [0.717, 1.165) is 14.6 Å². The number of amides is 1. The summed E-state index contributed by atoms with van der Waals surface area (Å²) in [5, 5.41) is 2.62. The van der Waals surface area contributed by atoms with Gasteiger partial charge in [-0.2, -0.15) is 0 Å². The molecule has 2 heterocycles. The minimum absolute atomic E-state index is 0.0219. The highest BCUT2D eigenvalue weighted by molar-refractivity contribution is 8.02. The van der Waals surface area contributed by atoms with Crippen molar-refractivity contribution in [3.8, 4) is 0 Å². The summed E-state index contributed by atoms with van der Waals surface area (Å²) < 4.78 is 29.1. The molecule has 1 atom stereocenters. The zero-order valence-corrected chi connectivity index (χ0v) is 21.4. The van der Waals surface area contributed by atoms with Crippen LogP contribution in [0, 0.1) is 0 Å². The molecule has 35 heavy (non-hydrogen) atoms. The SMILES string of the molecule is C[C@@H](Sc1nc2ccccc2s1)C(=O)NNC(=S)Nc1ccc(S(=O)(=O)Nc2ncccn2)cc1. The van der Waals surface area contributed by atoms with Crippen molar-refractivity contribution in [2.75, 3.05) is 10.0 Å². The molecule has 0 unspecified atom stereocenters. The van der Waals surface area contributed by atoms with E-state index in [0.29, 0.717) is 5.69 Å². The molecule has 2 aromatic heterocycles. The molecule has 4 N–H and O–H groups in total. The number of rotatable bonds is 7. The van der Waals surface area contributed by atoms with Crippen molar-refractivity contribution in [1.82, 2.24) is 25.8 Å². The van der Waals surface area contributed by atoms with Crippen molar-refractivity contribution in [1.29, 1.82) is 0 Å². The molecule has 10 nitrogen and oxygen atoms in total. The van der Waals surface area contributed by atoms with E-state index in [1.165, 1.54) is 47.6 Å². The fourth-order valence-corrected chi connectivity index (χ4v) is 6.08. The van der Waals surface area contributed by atoms with Gasteiger partial charge in [0.05, 0.1) is 20.4 Å². The van der Waals surface area contributed by atoms with Gasteiger partial charge in [0.25, 0.3) is 15.9 Å². The summed E-state index contributed by atoms with van der Waals surface area (Å²) in [6.45, 7) is 1.78. The number of carbonyl (C=O) groups excluding carboxylic acids is 1. The molecule has 2 aromatic carbocycles. The molecule has 0 fully saturated rings. The molecule has 4 rings (SSSR count). The van der Waals surface area contributed by atoms with E-state index >= 15 is 0 Å². The summed E-state index contributed by atoms with van der Waals surface area (Å²) in [5.41, 5.74) is 6.64. The predicted molar refractivity (Wildman–Crippen MR) is 142 cm³/mol. The lowest BCUT2D eigenvalue weighted by Crippen LogP contribution is -2.46. The Kier molecular flexibility index (Phi) is 7.75. The number of benzene rings is 2. The maximum Gasteiger partial charge on any atom is 0.264 e. The second-order valence-electron chi connectivity index (χ2n) is 6.98. The van der Waals surface area contributed by atoms with Crippen molar-refractivity contribution in [2.45, 2.75) is 21.4 Å². The largest absolute Gasteiger partial charge is 0.331 e. The third-order valence-electron chi connectivity index (χ3n) is 4.43. The molecule has 0 aliphatic rings. The average Bonchev–Trinajstić information content (AvgIpc) is 3.25. The number of aromatic nitrogens is 3. The summed E-state index contributed by atoms with van der Waals surface area (Å²) >= 11 is 8.09. The lowest BCUT2D eigenvalue weighted by atomic mass is 10.3. The number of hydrogen-bond acceptors (Lipinski definition) is 9. The molecule has 0 aliphatic carbocycles. The van der Waals surface area contributed by atoms with Crippen LogP contribution in [0.3, 0.4) is 0 Å². The normalized spacial score (nSPS) is 12.0. The number of anilines is 2. The Morgan fingerprint density at radius 3 is 2.46 bits per heavy atom. The highest BCUT2D eigenvalue weighted by Gasteiger charge is 2.18. The van der Waals surface area contributed by atoms with Crippen molar-refractivity contribution in [2.24, 2.45) is 0 Å². The van der Waals surface area contributed by atoms with Crippen LogP contribution in [0.25, 0.3) is 10.2 Å². The smallest absolute Gasteiger partial charge is 0.264 e. The van der Waals surface area contributed by atoms with Crippen LogP contribution in [0.4, 0.5) is 11.6 Å². The number of thiocarbonyl (C=S) groups is 1. The van der Waals surface area contributed by atoms with Gasteiger partial charge in [-0.1, -0.05) is 23.9 Å². The number of fused-ring (bicyclic) bond motifs is 1. The van der Waals surface area contributed by atoms with Crippen LogP contribution in [0.1, 0.15) is 6.92 Å². The van der Waals surface area contributed by atoms with Crippen LogP contribution in [-0.2, 0) is 14.8 Å². The molecular weight excluding hydrogens is 527 g/mol. The second-order valence-corrected chi connectivity index (χ2v) is 11.7. The highest BCUT2D eigenvalue weighted by atomic mass is 32.2. The fraction of sp³-hybridized carbons (Fsp3) is 0.0952. The third kappa shape index (κ3) is 6.63. The molecule has 14 heteroatoms. The van der Waals surface area contributed by atoms with Crippen molar-refractivity contribution >= 4 is 78.2 Å². The number of nitrogens with zero attached hydrogens (tertiary/aromatic N) is 3. The van der Waals surface area contributed by atoms with Crippen molar-refractivity contribution in [3.63, 3.8) is 0 Å². The third-order valence-corrected chi connectivity index (χ3v) is 8.21. The van der Waals surface area contributed by atoms with E-state index in [9.17, 15) is 13.2 Å². The van der Waals surface area contributed by atoms with E-state index in [1.54, 1.807) is 25.1 Å². The first-order valence-corrected chi connectivity index (χ1v) is 13.7. The summed E-state index contributed by atoms with van der Waals surface area (Å²) in [7, 11) is -3.84. The number of thiazole rings is 1. The van der Waals surface area contributed by atoms with E-state index in [-0.39, 0.29) is 21.9 Å². The average molecular weight is 546 g/mol. The molecule has 4 aromatic rings. The van der Waals surface area contributed by atoms with Gasteiger partial charge in [0.15, 0.2) is 9.45 Å². The van der Waals surface area contributed by atoms with Crippen LogP contribution in [0.15, 0.2) is 76.2 Å². The molecule has 0 radical (unpaired) electrons. The number of para-hydroxylation sites is 1. The number of sulfonamides is 1. The van der Waals surface area contributed by atoms with E-state index in [2.05, 4.69) is 35.8 Å². The molecule has 180 valence electrons. The van der Waals surface area contributed by atoms with Crippen LogP contribution in [0.2, 0.25) is 0 Å². The minimum Gasteiger partial charge on any atom is -0.331 e. The number of hydrogen-bond donors (Lipinski definition) is 4. The van der Waals surface area contributed by atoms with Gasteiger partial charge in [-0.15, -0.1) is 11.3 Å². The fourth-order valence-electron chi connectivity index (χ4n) is 2.74. The van der Waals surface area contributed by atoms with Crippen LogP contribution in [0.5, 0.6) is 0 Å². The Balaban J connectivity index is 1.26. The topological polar surface area (TPSA) is 138 Å². The van der Waals surface area contributed by atoms with Gasteiger partial charge >= 0.3 is 0 Å². The van der Waals surface area contributed by atoms with Crippen LogP contribution >= 0.6 is 35.3 Å². The summed E-state index contributed by atoms with van der Waals surface area (Å²) in [5.74, 6) is -0.291. The molecule has 0 spiro atoms. The van der Waals surface area contributed by atoms with Gasteiger partial charge in [-0.25, -0.2) is 28.1 Å².